The Hall–Kier alpha value is -0.350. The first-order chi connectivity index (χ1) is 6.06. The van der Waals surface area contributed by atoms with Gasteiger partial charge in [-0.3, -0.25) is 0 Å². The summed E-state index contributed by atoms with van der Waals surface area (Å²) >= 11 is 11.3. The highest BCUT2D eigenvalue weighted by Crippen LogP contribution is 2.27. The molecule has 0 fully saturated rings. The Balaban J connectivity index is 3.15. The molecule has 0 bridgehead atoms. The summed E-state index contributed by atoms with van der Waals surface area (Å²) in [5, 5.41) is 0.322. The van der Waals surface area contributed by atoms with E-state index in [1.807, 2.05) is 0 Å². The maximum Gasteiger partial charge on any atom is 0.142 e. The van der Waals surface area contributed by atoms with Crippen molar-refractivity contribution in [2.75, 3.05) is 6.54 Å². The van der Waals surface area contributed by atoms with Crippen molar-refractivity contribution in [1.29, 1.82) is 0 Å². The lowest BCUT2D eigenvalue weighted by molar-refractivity contribution is 0.620. The van der Waals surface area contributed by atoms with Crippen LogP contribution in [0.3, 0.4) is 0 Å². The Morgan fingerprint density at radius 1 is 1.31 bits per heavy atom. The molecule has 1 aromatic rings. The van der Waals surface area contributed by atoms with Gasteiger partial charge in [0.1, 0.15) is 5.82 Å². The monoisotopic (exact) mass is 222 g/mol. The van der Waals surface area contributed by atoms with Crippen molar-refractivity contribution in [3.63, 3.8) is 0 Å². The summed E-state index contributed by atoms with van der Waals surface area (Å²) in [5.74, 6) is -0.537. The van der Waals surface area contributed by atoms with Crippen molar-refractivity contribution in [3.8, 4) is 0 Å². The minimum absolute atomic E-state index is 0.0158. The largest absolute Gasteiger partial charge is 0.329 e. The fourth-order valence-corrected chi connectivity index (χ4v) is 1.47. The second-order valence-corrected chi connectivity index (χ2v) is 3.44. The molecule has 13 heavy (non-hydrogen) atoms. The van der Waals surface area contributed by atoms with Crippen molar-refractivity contribution in [2.45, 2.75) is 6.04 Å². The summed E-state index contributed by atoms with van der Waals surface area (Å²) in [6, 6.07) is 2.07. The van der Waals surface area contributed by atoms with Crippen LogP contribution in [0.4, 0.5) is 4.39 Å². The van der Waals surface area contributed by atoms with Crippen LogP contribution in [0.25, 0.3) is 0 Å². The summed E-state index contributed by atoms with van der Waals surface area (Å²) in [5.41, 5.74) is 11.4. The number of rotatable bonds is 2. The van der Waals surface area contributed by atoms with Crippen LogP contribution in [0.5, 0.6) is 0 Å². The summed E-state index contributed by atoms with van der Waals surface area (Å²) in [6.07, 6.45) is 0. The van der Waals surface area contributed by atoms with Crippen molar-refractivity contribution in [1.82, 2.24) is 0 Å². The van der Waals surface area contributed by atoms with Crippen molar-refractivity contribution >= 4 is 23.2 Å². The Morgan fingerprint density at radius 2 is 1.92 bits per heavy atom. The van der Waals surface area contributed by atoms with Crippen LogP contribution >= 0.6 is 23.2 Å². The molecule has 1 atom stereocenters. The van der Waals surface area contributed by atoms with Gasteiger partial charge in [-0.1, -0.05) is 23.2 Å². The molecule has 0 aliphatic carbocycles. The molecule has 0 aromatic heterocycles. The highest BCUT2D eigenvalue weighted by atomic mass is 35.5. The Labute approximate surface area is 85.6 Å². The van der Waals surface area contributed by atoms with Crippen molar-refractivity contribution in [3.05, 3.63) is 33.6 Å². The van der Waals surface area contributed by atoms with E-state index in [1.165, 1.54) is 12.1 Å². The highest BCUT2D eigenvalue weighted by molar-refractivity contribution is 6.35. The number of nitrogens with two attached hydrogens (primary N) is 2. The van der Waals surface area contributed by atoms with Crippen molar-refractivity contribution < 1.29 is 4.39 Å². The minimum Gasteiger partial charge on any atom is -0.329 e. The molecular formula is C8H9Cl2FN2. The number of hydrogen-bond acceptors (Lipinski definition) is 2. The lowest BCUT2D eigenvalue weighted by Gasteiger charge is -2.11. The molecule has 0 saturated heterocycles. The van der Waals surface area contributed by atoms with Gasteiger partial charge in [0.25, 0.3) is 0 Å². The van der Waals surface area contributed by atoms with Gasteiger partial charge in [-0.2, -0.15) is 0 Å². The normalized spacial score (nSPS) is 13.0. The smallest absolute Gasteiger partial charge is 0.142 e. The standard InChI is InChI=1S/C8H9Cl2FN2/c9-5-2-6(10)7(11)1-4(5)8(13)3-12/h1-2,8H,3,12-13H2/t8-/m0/s1. The molecule has 4 N–H and O–H groups in total. The third-order valence-corrected chi connectivity index (χ3v) is 2.31. The fourth-order valence-electron chi connectivity index (χ4n) is 0.949. The van der Waals surface area contributed by atoms with Crippen LogP contribution in [0.2, 0.25) is 10.0 Å². The van der Waals surface area contributed by atoms with Crippen LogP contribution < -0.4 is 11.5 Å². The van der Waals surface area contributed by atoms with Gasteiger partial charge in [0, 0.05) is 17.6 Å². The SMILES string of the molecule is NC[C@H](N)c1cc(F)c(Cl)cc1Cl. The summed E-state index contributed by atoms with van der Waals surface area (Å²) in [6.45, 7) is 0.209. The molecule has 0 aliphatic rings. The zero-order chi connectivity index (χ0) is 10.0. The van der Waals surface area contributed by atoms with Crippen molar-refractivity contribution in [2.24, 2.45) is 11.5 Å². The summed E-state index contributed by atoms with van der Waals surface area (Å²) in [4.78, 5) is 0. The first kappa shape index (κ1) is 10.7. The lowest BCUT2D eigenvalue weighted by Crippen LogP contribution is -2.21. The van der Waals surface area contributed by atoms with Gasteiger partial charge in [-0.25, -0.2) is 4.39 Å². The third-order valence-electron chi connectivity index (χ3n) is 1.69. The maximum atomic E-state index is 13.0. The molecule has 1 rings (SSSR count). The predicted molar refractivity (Wildman–Crippen MR) is 52.4 cm³/mol. The van der Waals surface area contributed by atoms with Gasteiger partial charge in [-0.05, 0) is 17.7 Å². The van der Waals surface area contributed by atoms with Crippen LogP contribution in [0.1, 0.15) is 11.6 Å². The van der Waals surface area contributed by atoms with Gasteiger partial charge in [-0.15, -0.1) is 0 Å². The van der Waals surface area contributed by atoms with E-state index in [2.05, 4.69) is 0 Å². The second-order valence-electron chi connectivity index (χ2n) is 2.63. The first-order valence-corrected chi connectivity index (χ1v) is 4.42. The van der Waals surface area contributed by atoms with Crippen LogP contribution in [-0.2, 0) is 0 Å². The average molecular weight is 223 g/mol. The molecule has 2 nitrogen and oxygen atoms in total. The molecular weight excluding hydrogens is 214 g/mol. The molecule has 0 saturated carbocycles. The van der Waals surface area contributed by atoms with Gasteiger partial charge >= 0.3 is 0 Å². The summed E-state index contributed by atoms with van der Waals surface area (Å²) in [7, 11) is 0. The van der Waals surface area contributed by atoms with E-state index in [0.29, 0.717) is 10.6 Å². The molecule has 0 heterocycles. The van der Waals surface area contributed by atoms with Crippen LogP contribution in [-0.4, -0.2) is 6.54 Å². The number of hydrogen-bond donors (Lipinski definition) is 2. The van der Waals surface area contributed by atoms with E-state index in [9.17, 15) is 4.39 Å². The highest BCUT2D eigenvalue weighted by Gasteiger charge is 2.12. The molecule has 5 heteroatoms. The molecule has 72 valence electrons. The van der Waals surface area contributed by atoms with E-state index in [0.717, 1.165) is 0 Å². The Bertz CT molecular complexity index is 317. The zero-order valence-corrected chi connectivity index (χ0v) is 8.24. The Kier molecular flexibility index (Phi) is 3.50. The first-order valence-electron chi connectivity index (χ1n) is 3.66. The summed E-state index contributed by atoms with van der Waals surface area (Å²) < 4.78 is 13.0. The third kappa shape index (κ3) is 2.31. The predicted octanol–water partition coefficient (Wildman–Crippen LogP) is 2.09. The maximum absolute atomic E-state index is 13.0. The lowest BCUT2D eigenvalue weighted by atomic mass is 10.1. The van der Waals surface area contributed by atoms with Gasteiger partial charge in [0.15, 0.2) is 0 Å². The van der Waals surface area contributed by atoms with Gasteiger partial charge in [0.05, 0.1) is 5.02 Å². The topological polar surface area (TPSA) is 52.0 Å². The molecule has 0 spiro atoms. The molecule has 1 aromatic carbocycles. The fraction of sp³-hybridized carbons (Fsp3) is 0.250. The molecule has 0 radical (unpaired) electrons. The van der Waals surface area contributed by atoms with E-state index >= 15 is 0 Å². The molecule has 0 amide bonds. The average Bonchev–Trinajstić information content (AvgIpc) is 2.10. The molecule has 0 unspecified atom stereocenters. The van der Waals surface area contributed by atoms with E-state index in [1.54, 1.807) is 0 Å². The number of benzene rings is 1. The van der Waals surface area contributed by atoms with Crippen LogP contribution in [0.15, 0.2) is 12.1 Å². The Morgan fingerprint density at radius 3 is 2.46 bits per heavy atom. The van der Waals surface area contributed by atoms with E-state index < -0.39 is 11.9 Å². The molecule has 0 aliphatic heterocycles. The quantitative estimate of drug-likeness (QED) is 0.754. The van der Waals surface area contributed by atoms with E-state index in [-0.39, 0.29) is 11.6 Å². The van der Waals surface area contributed by atoms with Gasteiger partial charge < -0.3 is 11.5 Å². The minimum atomic E-state index is -0.537. The second kappa shape index (κ2) is 4.24. The van der Waals surface area contributed by atoms with Gasteiger partial charge in [0.2, 0.25) is 0 Å². The number of halogens is 3. The zero-order valence-electron chi connectivity index (χ0n) is 6.73. The van der Waals surface area contributed by atoms with Crippen LogP contribution in [0, 0.1) is 5.82 Å². The van der Waals surface area contributed by atoms with E-state index in [4.69, 9.17) is 34.7 Å².